The lowest BCUT2D eigenvalue weighted by Gasteiger charge is -2.36. The molecule has 2 aromatic rings. The van der Waals surface area contributed by atoms with E-state index in [1.165, 1.54) is 6.07 Å². The summed E-state index contributed by atoms with van der Waals surface area (Å²) in [6.45, 7) is 7.88. The highest BCUT2D eigenvalue weighted by atomic mass is 19.1. The van der Waals surface area contributed by atoms with Crippen molar-refractivity contribution in [2.75, 3.05) is 31.1 Å². The van der Waals surface area contributed by atoms with Gasteiger partial charge in [-0.2, -0.15) is 0 Å². The first-order valence-electron chi connectivity index (χ1n) is 9.46. The van der Waals surface area contributed by atoms with Crippen LogP contribution in [0.25, 0.3) is 0 Å². The standard InChI is InChI=1S/C22H26FN3O2/c1-22(2,3)24-20(27)16-7-6-8-17(15-16)21(28)26-13-11-25(12-14-26)19-10-5-4-9-18(19)23/h4-10,15H,11-14H2,1-3H3,(H,24,27). The molecule has 1 aliphatic heterocycles. The lowest BCUT2D eigenvalue weighted by atomic mass is 10.1. The Kier molecular flexibility index (Phi) is 5.68. The van der Waals surface area contributed by atoms with Gasteiger partial charge in [0, 0.05) is 42.8 Å². The molecule has 0 spiro atoms. The van der Waals surface area contributed by atoms with Crippen LogP contribution < -0.4 is 10.2 Å². The van der Waals surface area contributed by atoms with E-state index in [1.807, 2.05) is 31.7 Å². The summed E-state index contributed by atoms with van der Waals surface area (Å²) in [6.07, 6.45) is 0. The molecule has 2 amide bonds. The third kappa shape index (κ3) is 4.68. The van der Waals surface area contributed by atoms with Crippen LogP contribution >= 0.6 is 0 Å². The monoisotopic (exact) mass is 383 g/mol. The van der Waals surface area contributed by atoms with Gasteiger partial charge in [0.25, 0.3) is 11.8 Å². The second-order valence-corrected chi connectivity index (χ2v) is 8.02. The van der Waals surface area contributed by atoms with Crippen LogP contribution in [-0.4, -0.2) is 48.4 Å². The van der Waals surface area contributed by atoms with E-state index in [9.17, 15) is 14.0 Å². The van der Waals surface area contributed by atoms with E-state index in [4.69, 9.17) is 0 Å². The number of halogens is 1. The van der Waals surface area contributed by atoms with Crippen molar-refractivity contribution in [1.82, 2.24) is 10.2 Å². The number of nitrogens with one attached hydrogen (secondary N) is 1. The second kappa shape index (κ2) is 8.00. The van der Waals surface area contributed by atoms with E-state index < -0.39 is 0 Å². The van der Waals surface area contributed by atoms with Crippen molar-refractivity contribution in [3.63, 3.8) is 0 Å². The van der Waals surface area contributed by atoms with E-state index in [1.54, 1.807) is 41.3 Å². The molecule has 1 saturated heterocycles. The number of hydrogen-bond acceptors (Lipinski definition) is 3. The maximum Gasteiger partial charge on any atom is 0.253 e. The van der Waals surface area contributed by atoms with Gasteiger partial charge in [-0.15, -0.1) is 0 Å². The molecule has 0 saturated carbocycles. The molecule has 2 aromatic carbocycles. The molecule has 1 N–H and O–H groups in total. The average Bonchev–Trinajstić information content (AvgIpc) is 2.67. The Morgan fingerprint density at radius 2 is 1.57 bits per heavy atom. The predicted octanol–water partition coefficient (Wildman–Crippen LogP) is 3.32. The summed E-state index contributed by atoms with van der Waals surface area (Å²) >= 11 is 0. The van der Waals surface area contributed by atoms with Crippen molar-refractivity contribution in [2.24, 2.45) is 0 Å². The van der Waals surface area contributed by atoms with Gasteiger partial charge in [-0.05, 0) is 51.1 Å². The summed E-state index contributed by atoms with van der Waals surface area (Å²) in [5, 5.41) is 2.90. The van der Waals surface area contributed by atoms with Gasteiger partial charge in [-0.1, -0.05) is 18.2 Å². The third-order valence-corrected chi connectivity index (χ3v) is 4.62. The normalized spacial score (nSPS) is 14.7. The van der Waals surface area contributed by atoms with E-state index in [0.29, 0.717) is 43.0 Å². The van der Waals surface area contributed by atoms with Crippen molar-refractivity contribution < 1.29 is 14.0 Å². The Labute approximate surface area is 165 Å². The maximum absolute atomic E-state index is 14.0. The van der Waals surface area contributed by atoms with Gasteiger partial charge in [-0.25, -0.2) is 4.39 Å². The predicted molar refractivity (Wildman–Crippen MR) is 108 cm³/mol. The number of hydrogen-bond donors (Lipinski definition) is 1. The number of carbonyl (C=O) groups excluding carboxylic acids is 2. The minimum absolute atomic E-state index is 0.112. The van der Waals surface area contributed by atoms with Gasteiger partial charge in [0.15, 0.2) is 0 Å². The molecule has 3 rings (SSSR count). The fraction of sp³-hybridized carbons (Fsp3) is 0.364. The molecule has 1 fully saturated rings. The van der Waals surface area contributed by atoms with E-state index in [0.717, 1.165) is 0 Å². The van der Waals surface area contributed by atoms with Crippen molar-refractivity contribution in [2.45, 2.75) is 26.3 Å². The second-order valence-electron chi connectivity index (χ2n) is 8.02. The summed E-state index contributed by atoms with van der Waals surface area (Å²) in [7, 11) is 0. The Bertz CT molecular complexity index is 868. The zero-order chi connectivity index (χ0) is 20.3. The van der Waals surface area contributed by atoms with Gasteiger partial charge in [0.1, 0.15) is 5.82 Å². The first-order chi connectivity index (χ1) is 13.2. The number of carbonyl (C=O) groups is 2. The van der Waals surface area contributed by atoms with Gasteiger partial charge < -0.3 is 15.1 Å². The average molecular weight is 383 g/mol. The Morgan fingerprint density at radius 3 is 2.21 bits per heavy atom. The van der Waals surface area contributed by atoms with E-state index in [-0.39, 0.29) is 23.2 Å². The molecule has 0 atom stereocenters. The first-order valence-corrected chi connectivity index (χ1v) is 9.46. The Balaban J connectivity index is 1.66. The summed E-state index contributed by atoms with van der Waals surface area (Å²) < 4.78 is 14.0. The number of para-hydroxylation sites is 1. The fourth-order valence-electron chi connectivity index (χ4n) is 3.25. The van der Waals surface area contributed by atoms with E-state index >= 15 is 0 Å². The molecule has 6 heteroatoms. The molecule has 0 unspecified atom stereocenters. The fourth-order valence-corrected chi connectivity index (χ4v) is 3.25. The molecular formula is C22H26FN3O2. The van der Waals surface area contributed by atoms with Gasteiger partial charge in [0.05, 0.1) is 5.69 Å². The van der Waals surface area contributed by atoms with Gasteiger partial charge in [0.2, 0.25) is 0 Å². The summed E-state index contributed by atoms with van der Waals surface area (Å²) in [5.74, 6) is -0.565. The van der Waals surface area contributed by atoms with Crippen molar-refractivity contribution >= 4 is 17.5 Å². The molecule has 0 radical (unpaired) electrons. The summed E-state index contributed by atoms with van der Waals surface area (Å²) in [4.78, 5) is 28.9. The third-order valence-electron chi connectivity index (χ3n) is 4.62. The topological polar surface area (TPSA) is 52.7 Å². The number of piperazine rings is 1. The minimum Gasteiger partial charge on any atom is -0.366 e. The highest BCUT2D eigenvalue weighted by molar-refractivity contribution is 6.00. The first kappa shape index (κ1) is 19.9. The highest BCUT2D eigenvalue weighted by Gasteiger charge is 2.24. The molecule has 0 aromatic heterocycles. The number of rotatable bonds is 3. The van der Waals surface area contributed by atoms with E-state index in [2.05, 4.69) is 5.32 Å². The van der Waals surface area contributed by atoms with Crippen LogP contribution in [0.2, 0.25) is 0 Å². The number of amides is 2. The molecular weight excluding hydrogens is 357 g/mol. The van der Waals surface area contributed by atoms with Crippen molar-refractivity contribution in [3.05, 3.63) is 65.5 Å². The zero-order valence-electron chi connectivity index (χ0n) is 16.5. The van der Waals surface area contributed by atoms with Crippen molar-refractivity contribution in [3.8, 4) is 0 Å². The molecule has 1 heterocycles. The van der Waals surface area contributed by atoms with Crippen LogP contribution in [0.1, 0.15) is 41.5 Å². The lowest BCUT2D eigenvalue weighted by Crippen LogP contribution is -2.49. The smallest absolute Gasteiger partial charge is 0.253 e. The van der Waals surface area contributed by atoms with Gasteiger partial charge in [-0.3, -0.25) is 9.59 Å². The summed E-state index contributed by atoms with van der Waals surface area (Å²) in [5.41, 5.74) is 1.17. The van der Waals surface area contributed by atoms with Crippen LogP contribution in [0.3, 0.4) is 0 Å². The maximum atomic E-state index is 14.0. The number of anilines is 1. The molecule has 0 bridgehead atoms. The Hall–Kier alpha value is -2.89. The molecule has 1 aliphatic rings. The lowest BCUT2D eigenvalue weighted by molar-refractivity contribution is 0.0746. The van der Waals surface area contributed by atoms with Crippen LogP contribution in [0.4, 0.5) is 10.1 Å². The number of benzene rings is 2. The molecule has 5 nitrogen and oxygen atoms in total. The van der Waals surface area contributed by atoms with Crippen LogP contribution in [0.5, 0.6) is 0 Å². The molecule has 0 aliphatic carbocycles. The summed E-state index contributed by atoms with van der Waals surface area (Å²) in [6, 6.07) is 13.5. The van der Waals surface area contributed by atoms with Crippen LogP contribution in [0, 0.1) is 5.82 Å². The molecule has 148 valence electrons. The van der Waals surface area contributed by atoms with Crippen LogP contribution in [-0.2, 0) is 0 Å². The van der Waals surface area contributed by atoms with Gasteiger partial charge >= 0.3 is 0 Å². The largest absolute Gasteiger partial charge is 0.366 e. The van der Waals surface area contributed by atoms with Crippen molar-refractivity contribution in [1.29, 1.82) is 0 Å². The van der Waals surface area contributed by atoms with Crippen LogP contribution in [0.15, 0.2) is 48.5 Å². The SMILES string of the molecule is CC(C)(C)NC(=O)c1cccc(C(=O)N2CCN(c3ccccc3F)CC2)c1. The number of nitrogens with zero attached hydrogens (tertiary/aromatic N) is 2. The minimum atomic E-state index is -0.347. The highest BCUT2D eigenvalue weighted by Crippen LogP contribution is 2.21. The quantitative estimate of drug-likeness (QED) is 0.885. The Morgan fingerprint density at radius 1 is 0.929 bits per heavy atom. The molecule has 28 heavy (non-hydrogen) atoms. The zero-order valence-corrected chi connectivity index (χ0v) is 16.5.